The second-order valence-electron chi connectivity index (χ2n) is 3.95. The van der Waals surface area contributed by atoms with Crippen LogP contribution in [0.3, 0.4) is 0 Å². The maximum Gasteiger partial charge on any atom is 0.0931 e. The molecule has 0 bridgehead atoms. The molecule has 0 saturated heterocycles. The third kappa shape index (κ3) is 2.25. The fourth-order valence-electron chi connectivity index (χ4n) is 2.05. The van der Waals surface area contributed by atoms with Gasteiger partial charge in [0.15, 0.2) is 0 Å². The third-order valence-corrected chi connectivity index (χ3v) is 3.99. The Hall–Kier alpha value is -0.0500. The van der Waals surface area contributed by atoms with Crippen molar-refractivity contribution in [3.05, 3.63) is 21.3 Å². The van der Waals surface area contributed by atoms with Gasteiger partial charge in [-0.15, -0.1) is 11.3 Å². The first kappa shape index (κ1) is 9.50. The van der Waals surface area contributed by atoms with Crippen molar-refractivity contribution >= 4 is 22.9 Å². The topological polar surface area (TPSA) is 26.0 Å². The molecule has 2 rings (SSSR count). The molecule has 1 heterocycles. The minimum atomic E-state index is 0.0637. The van der Waals surface area contributed by atoms with Gasteiger partial charge in [0.25, 0.3) is 0 Å². The van der Waals surface area contributed by atoms with Crippen molar-refractivity contribution in [1.29, 1.82) is 0 Å². The molecular weight excluding hydrogens is 202 g/mol. The molecule has 72 valence electrons. The van der Waals surface area contributed by atoms with Gasteiger partial charge in [0.2, 0.25) is 0 Å². The van der Waals surface area contributed by atoms with E-state index in [1.54, 1.807) is 11.3 Å². The lowest BCUT2D eigenvalue weighted by atomic mass is 9.94. The average Bonchev–Trinajstić information content (AvgIpc) is 2.62. The molecule has 0 unspecified atom stereocenters. The standard InChI is InChI=1S/C10H14ClNS/c11-9-4-3-8(13-9)7-10(12)5-1-2-6-10/h3-4H,1-2,5-7,12H2. The third-order valence-electron chi connectivity index (χ3n) is 2.75. The molecule has 13 heavy (non-hydrogen) atoms. The van der Waals surface area contributed by atoms with Gasteiger partial charge >= 0.3 is 0 Å². The van der Waals surface area contributed by atoms with Crippen LogP contribution in [0.1, 0.15) is 30.6 Å². The Morgan fingerprint density at radius 1 is 1.38 bits per heavy atom. The first-order chi connectivity index (χ1) is 6.18. The summed E-state index contributed by atoms with van der Waals surface area (Å²) >= 11 is 7.53. The Balaban J connectivity index is 2.04. The summed E-state index contributed by atoms with van der Waals surface area (Å²) in [5.74, 6) is 0. The van der Waals surface area contributed by atoms with E-state index >= 15 is 0 Å². The molecule has 0 amide bonds. The fraction of sp³-hybridized carbons (Fsp3) is 0.600. The van der Waals surface area contributed by atoms with E-state index in [9.17, 15) is 0 Å². The van der Waals surface area contributed by atoms with Gasteiger partial charge < -0.3 is 5.73 Å². The minimum absolute atomic E-state index is 0.0637. The number of hydrogen-bond acceptors (Lipinski definition) is 2. The van der Waals surface area contributed by atoms with E-state index in [1.807, 2.05) is 6.07 Å². The van der Waals surface area contributed by atoms with Crippen LogP contribution in [0.4, 0.5) is 0 Å². The van der Waals surface area contributed by atoms with E-state index in [1.165, 1.54) is 30.6 Å². The molecule has 1 aromatic rings. The van der Waals surface area contributed by atoms with Crippen molar-refractivity contribution in [2.24, 2.45) is 5.73 Å². The summed E-state index contributed by atoms with van der Waals surface area (Å²) in [5.41, 5.74) is 6.33. The summed E-state index contributed by atoms with van der Waals surface area (Å²) in [6.07, 6.45) is 5.92. The molecule has 0 atom stereocenters. The molecule has 0 aliphatic heterocycles. The van der Waals surface area contributed by atoms with Crippen LogP contribution in [0, 0.1) is 0 Å². The summed E-state index contributed by atoms with van der Waals surface area (Å²) in [6.45, 7) is 0. The zero-order valence-electron chi connectivity index (χ0n) is 7.55. The maximum atomic E-state index is 6.26. The van der Waals surface area contributed by atoms with Crippen LogP contribution in [0.25, 0.3) is 0 Å². The summed E-state index contributed by atoms with van der Waals surface area (Å²) in [5, 5.41) is 0. The maximum absolute atomic E-state index is 6.26. The van der Waals surface area contributed by atoms with E-state index in [2.05, 4.69) is 6.07 Å². The summed E-state index contributed by atoms with van der Waals surface area (Å²) in [7, 11) is 0. The number of hydrogen-bond donors (Lipinski definition) is 1. The van der Waals surface area contributed by atoms with E-state index in [0.717, 1.165) is 10.8 Å². The van der Waals surface area contributed by atoms with Crippen LogP contribution in [0.2, 0.25) is 4.34 Å². The summed E-state index contributed by atoms with van der Waals surface area (Å²) < 4.78 is 0.872. The van der Waals surface area contributed by atoms with Gasteiger partial charge in [-0.05, 0) is 31.4 Å². The Labute approximate surface area is 87.9 Å². The van der Waals surface area contributed by atoms with Gasteiger partial charge in [0.05, 0.1) is 4.34 Å². The first-order valence-corrected chi connectivity index (χ1v) is 5.91. The SMILES string of the molecule is NC1(Cc2ccc(Cl)s2)CCCC1. The monoisotopic (exact) mass is 215 g/mol. The van der Waals surface area contributed by atoms with Gasteiger partial charge in [0.1, 0.15) is 0 Å². The van der Waals surface area contributed by atoms with Crippen molar-refractivity contribution in [2.75, 3.05) is 0 Å². The molecule has 0 radical (unpaired) electrons. The largest absolute Gasteiger partial charge is 0.325 e. The zero-order valence-corrected chi connectivity index (χ0v) is 9.13. The second-order valence-corrected chi connectivity index (χ2v) is 5.75. The molecule has 1 aliphatic rings. The Morgan fingerprint density at radius 3 is 2.62 bits per heavy atom. The van der Waals surface area contributed by atoms with Crippen LogP contribution in [0.15, 0.2) is 12.1 Å². The molecular formula is C10H14ClNS. The molecule has 1 fully saturated rings. The molecule has 1 aliphatic carbocycles. The normalized spacial score (nSPS) is 20.8. The number of rotatable bonds is 2. The van der Waals surface area contributed by atoms with Crippen molar-refractivity contribution < 1.29 is 0 Å². The average molecular weight is 216 g/mol. The Bertz CT molecular complexity index is 289. The molecule has 0 aromatic carbocycles. The van der Waals surface area contributed by atoms with E-state index in [4.69, 9.17) is 17.3 Å². The number of thiophene rings is 1. The van der Waals surface area contributed by atoms with Gasteiger partial charge in [-0.2, -0.15) is 0 Å². The Morgan fingerprint density at radius 2 is 2.08 bits per heavy atom. The lowest BCUT2D eigenvalue weighted by Gasteiger charge is -2.22. The highest BCUT2D eigenvalue weighted by Crippen LogP contribution is 2.33. The van der Waals surface area contributed by atoms with Crippen molar-refractivity contribution in [1.82, 2.24) is 0 Å². The molecule has 0 spiro atoms. The highest BCUT2D eigenvalue weighted by atomic mass is 35.5. The smallest absolute Gasteiger partial charge is 0.0931 e. The first-order valence-electron chi connectivity index (χ1n) is 4.71. The molecule has 1 aromatic heterocycles. The fourth-order valence-corrected chi connectivity index (χ4v) is 3.29. The number of halogens is 1. The van der Waals surface area contributed by atoms with E-state index in [-0.39, 0.29) is 5.54 Å². The molecule has 1 saturated carbocycles. The van der Waals surface area contributed by atoms with Crippen LogP contribution >= 0.6 is 22.9 Å². The van der Waals surface area contributed by atoms with Gasteiger partial charge in [-0.1, -0.05) is 24.4 Å². The predicted molar refractivity (Wildman–Crippen MR) is 58.4 cm³/mol. The molecule has 3 heteroatoms. The molecule has 1 nitrogen and oxygen atoms in total. The zero-order chi connectivity index (χ0) is 9.31. The van der Waals surface area contributed by atoms with Crippen LogP contribution in [-0.2, 0) is 6.42 Å². The lowest BCUT2D eigenvalue weighted by Crippen LogP contribution is -2.38. The van der Waals surface area contributed by atoms with Gasteiger partial charge in [-0.3, -0.25) is 0 Å². The lowest BCUT2D eigenvalue weighted by molar-refractivity contribution is 0.439. The van der Waals surface area contributed by atoms with Gasteiger partial charge in [-0.25, -0.2) is 0 Å². The molecule has 2 N–H and O–H groups in total. The second kappa shape index (κ2) is 3.60. The summed E-state index contributed by atoms with van der Waals surface area (Å²) in [6, 6.07) is 4.06. The summed E-state index contributed by atoms with van der Waals surface area (Å²) in [4.78, 5) is 1.33. The van der Waals surface area contributed by atoms with Crippen molar-refractivity contribution in [3.8, 4) is 0 Å². The van der Waals surface area contributed by atoms with E-state index in [0.29, 0.717) is 0 Å². The van der Waals surface area contributed by atoms with E-state index < -0.39 is 0 Å². The van der Waals surface area contributed by atoms with Gasteiger partial charge in [0, 0.05) is 10.4 Å². The highest BCUT2D eigenvalue weighted by Gasteiger charge is 2.29. The van der Waals surface area contributed by atoms with Crippen molar-refractivity contribution in [2.45, 2.75) is 37.6 Å². The van der Waals surface area contributed by atoms with Crippen LogP contribution in [0.5, 0.6) is 0 Å². The van der Waals surface area contributed by atoms with Crippen LogP contribution in [-0.4, -0.2) is 5.54 Å². The Kier molecular flexibility index (Phi) is 2.63. The number of nitrogens with two attached hydrogens (primary N) is 1. The quantitative estimate of drug-likeness (QED) is 0.806. The minimum Gasteiger partial charge on any atom is -0.325 e. The van der Waals surface area contributed by atoms with Crippen LogP contribution < -0.4 is 5.73 Å². The predicted octanol–water partition coefficient (Wildman–Crippen LogP) is 3.22. The van der Waals surface area contributed by atoms with Crippen molar-refractivity contribution in [3.63, 3.8) is 0 Å². The highest BCUT2D eigenvalue weighted by molar-refractivity contribution is 7.16.